The molecule has 0 saturated heterocycles. The fraction of sp³-hybridized carbons (Fsp3) is 0.273. The molecular formula is C11H11BrClN3S. The Bertz CT molecular complexity index is 503. The van der Waals surface area contributed by atoms with Gasteiger partial charge < -0.3 is 0 Å². The first-order chi connectivity index (χ1) is 8.15. The Morgan fingerprint density at radius 2 is 2.24 bits per heavy atom. The third-order valence-corrected chi connectivity index (χ3v) is 3.75. The van der Waals surface area contributed by atoms with E-state index in [4.69, 9.17) is 11.6 Å². The van der Waals surface area contributed by atoms with Crippen LogP contribution in [0.2, 0.25) is 4.34 Å². The highest BCUT2D eigenvalue weighted by Crippen LogP contribution is 2.19. The monoisotopic (exact) mass is 331 g/mol. The summed E-state index contributed by atoms with van der Waals surface area (Å²) in [5.74, 6) is 0. The van der Waals surface area contributed by atoms with E-state index in [-0.39, 0.29) is 0 Å². The van der Waals surface area contributed by atoms with Crippen molar-refractivity contribution in [1.29, 1.82) is 0 Å². The molecule has 3 nitrogen and oxygen atoms in total. The molecule has 0 saturated carbocycles. The van der Waals surface area contributed by atoms with E-state index in [2.05, 4.69) is 42.5 Å². The molecule has 1 heterocycles. The minimum atomic E-state index is 0.672. The number of nitrogens with zero attached hydrogens (tertiary/aromatic N) is 3. The van der Waals surface area contributed by atoms with Gasteiger partial charge in [-0.2, -0.15) is 0 Å². The standard InChI is InChI=1S/C11H11BrClN3S/c1-16(7-10-11(13)17-15-14-10)6-8-3-2-4-9(12)5-8/h2-5H,6-7H2,1H3. The van der Waals surface area contributed by atoms with Crippen molar-refractivity contribution >= 4 is 39.1 Å². The lowest BCUT2D eigenvalue weighted by molar-refractivity contribution is 0.315. The minimum Gasteiger partial charge on any atom is -0.296 e. The summed E-state index contributed by atoms with van der Waals surface area (Å²) >= 11 is 10.7. The second-order valence-electron chi connectivity index (χ2n) is 3.80. The molecule has 90 valence electrons. The van der Waals surface area contributed by atoms with E-state index in [0.717, 1.165) is 16.7 Å². The number of rotatable bonds is 4. The Balaban J connectivity index is 1.98. The van der Waals surface area contributed by atoms with E-state index in [1.165, 1.54) is 17.1 Å². The number of aromatic nitrogens is 2. The van der Waals surface area contributed by atoms with Crippen molar-refractivity contribution in [3.05, 3.63) is 44.3 Å². The number of benzene rings is 1. The molecule has 0 aliphatic rings. The van der Waals surface area contributed by atoms with Gasteiger partial charge in [-0.25, -0.2) is 0 Å². The van der Waals surface area contributed by atoms with E-state index in [1.807, 2.05) is 19.2 Å². The van der Waals surface area contributed by atoms with Crippen LogP contribution in [0.25, 0.3) is 0 Å². The average molecular weight is 333 g/mol. The summed E-state index contributed by atoms with van der Waals surface area (Å²) in [6.45, 7) is 1.56. The lowest BCUT2D eigenvalue weighted by Gasteiger charge is -2.15. The lowest BCUT2D eigenvalue weighted by atomic mass is 10.2. The highest BCUT2D eigenvalue weighted by atomic mass is 79.9. The molecule has 0 fully saturated rings. The molecule has 0 N–H and O–H groups in total. The van der Waals surface area contributed by atoms with Gasteiger partial charge in [0.25, 0.3) is 0 Å². The second kappa shape index (κ2) is 5.91. The summed E-state index contributed by atoms with van der Waals surface area (Å²) in [6.07, 6.45) is 0. The van der Waals surface area contributed by atoms with Crippen LogP contribution in [0.1, 0.15) is 11.3 Å². The van der Waals surface area contributed by atoms with Crippen LogP contribution in [-0.2, 0) is 13.1 Å². The molecule has 0 spiro atoms. The van der Waals surface area contributed by atoms with Crippen molar-refractivity contribution in [3.8, 4) is 0 Å². The Kier molecular flexibility index (Phi) is 4.50. The maximum Gasteiger partial charge on any atom is 0.138 e. The third kappa shape index (κ3) is 3.74. The number of halogens is 2. The molecule has 1 aromatic carbocycles. The summed E-state index contributed by atoms with van der Waals surface area (Å²) in [4.78, 5) is 2.16. The molecule has 0 bridgehead atoms. The van der Waals surface area contributed by atoms with Gasteiger partial charge in [0.2, 0.25) is 0 Å². The molecule has 0 amide bonds. The van der Waals surface area contributed by atoms with Crippen LogP contribution in [-0.4, -0.2) is 21.5 Å². The van der Waals surface area contributed by atoms with E-state index in [0.29, 0.717) is 10.9 Å². The maximum atomic E-state index is 5.97. The normalized spacial score (nSPS) is 11.1. The van der Waals surface area contributed by atoms with Gasteiger partial charge in [0, 0.05) is 29.1 Å². The zero-order valence-corrected chi connectivity index (χ0v) is 12.4. The highest BCUT2D eigenvalue weighted by Gasteiger charge is 2.09. The fourth-order valence-corrected chi connectivity index (χ4v) is 2.61. The fourth-order valence-electron chi connectivity index (χ4n) is 1.55. The molecule has 0 aliphatic heterocycles. The Labute approximate surface area is 118 Å². The van der Waals surface area contributed by atoms with Crippen molar-refractivity contribution < 1.29 is 0 Å². The molecule has 0 aliphatic carbocycles. The van der Waals surface area contributed by atoms with Crippen molar-refractivity contribution in [1.82, 2.24) is 14.5 Å². The van der Waals surface area contributed by atoms with Gasteiger partial charge in [0.05, 0.1) is 0 Å². The number of hydrogen-bond donors (Lipinski definition) is 0. The SMILES string of the molecule is CN(Cc1cccc(Br)c1)Cc1nnsc1Cl. The molecule has 2 rings (SSSR count). The van der Waals surface area contributed by atoms with Crippen LogP contribution in [0.5, 0.6) is 0 Å². The topological polar surface area (TPSA) is 29.0 Å². The molecule has 0 atom stereocenters. The van der Waals surface area contributed by atoms with Crippen molar-refractivity contribution in [2.45, 2.75) is 13.1 Å². The van der Waals surface area contributed by atoms with E-state index in [1.54, 1.807) is 0 Å². The quantitative estimate of drug-likeness (QED) is 0.857. The first-order valence-corrected chi connectivity index (χ1v) is 6.99. The van der Waals surface area contributed by atoms with Gasteiger partial charge in [0.15, 0.2) is 0 Å². The zero-order valence-electron chi connectivity index (χ0n) is 9.23. The Morgan fingerprint density at radius 3 is 2.88 bits per heavy atom. The first-order valence-electron chi connectivity index (χ1n) is 5.05. The van der Waals surface area contributed by atoms with Crippen LogP contribution >= 0.6 is 39.1 Å². The van der Waals surface area contributed by atoms with E-state index >= 15 is 0 Å². The molecule has 6 heteroatoms. The Morgan fingerprint density at radius 1 is 1.41 bits per heavy atom. The Hall–Kier alpha value is -0.490. The van der Waals surface area contributed by atoms with Gasteiger partial charge in [-0.05, 0) is 24.7 Å². The van der Waals surface area contributed by atoms with Crippen LogP contribution < -0.4 is 0 Å². The predicted octanol–water partition coefficient (Wildman–Crippen LogP) is 3.59. The smallest absolute Gasteiger partial charge is 0.138 e. The van der Waals surface area contributed by atoms with E-state index < -0.39 is 0 Å². The summed E-state index contributed by atoms with van der Waals surface area (Å²) in [5, 5.41) is 4.00. The molecule has 0 unspecified atom stereocenters. The first kappa shape index (κ1) is 13.0. The summed E-state index contributed by atoms with van der Waals surface area (Å²) in [5.41, 5.74) is 2.09. The van der Waals surface area contributed by atoms with Crippen LogP contribution in [0.15, 0.2) is 28.7 Å². The van der Waals surface area contributed by atoms with Crippen LogP contribution in [0, 0.1) is 0 Å². The highest BCUT2D eigenvalue weighted by molar-refractivity contribution is 9.10. The predicted molar refractivity (Wildman–Crippen MR) is 74.2 cm³/mol. The van der Waals surface area contributed by atoms with Crippen LogP contribution in [0.3, 0.4) is 0 Å². The van der Waals surface area contributed by atoms with Gasteiger partial charge in [-0.1, -0.05) is 44.2 Å². The van der Waals surface area contributed by atoms with Gasteiger partial charge in [-0.3, -0.25) is 4.90 Å². The third-order valence-electron chi connectivity index (χ3n) is 2.27. The van der Waals surface area contributed by atoms with Crippen molar-refractivity contribution in [3.63, 3.8) is 0 Å². The largest absolute Gasteiger partial charge is 0.296 e. The average Bonchev–Trinajstić information content (AvgIpc) is 2.64. The second-order valence-corrected chi connectivity index (χ2v) is 6.07. The lowest BCUT2D eigenvalue weighted by Crippen LogP contribution is -2.17. The van der Waals surface area contributed by atoms with Crippen molar-refractivity contribution in [2.24, 2.45) is 0 Å². The molecule has 0 radical (unpaired) electrons. The molecular weight excluding hydrogens is 322 g/mol. The van der Waals surface area contributed by atoms with Gasteiger partial charge in [0.1, 0.15) is 10.0 Å². The molecule has 2 aromatic rings. The zero-order chi connectivity index (χ0) is 12.3. The minimum absolute atomic E-state index is 0.672. The number of hydrogen-bond acceptors (Lipinski definition) is 4. The van der Waals surface area contributed by atoms with Crippen molar-refractivity contribution in [2.75, 3.05) is 7.05 Å². The summed E-state index contributed by atoms with van der Waals surface area (Å²) in [7, 11) is 2.04. The van der Waals surface area contributed by atoms with Gasteiger partial charge in [-0.15, -0.1) is 5.10 Å². The summed E-state index contributed by atoms with van der Waals surface area (Å²) < 4.78 is 5.59. The molecule has 17 heavy (non-hydrogen) atoms. The van der Waals surface area contributed by atoms with Crippen LogP contribution in [0.4, 0.5) is 0 Å². The maximum absolute atomic E-state index is 5.97. The van der Waals surface area contributed by atoms with E-state index in [9.17, 15) is 0 Å². The van der Waals surface area contributed by atoms with Gasteiger partial charge >= 0.3 is 0 Å². The molecule has 1 aromatic heterocycles. The summed E-state index contributed by atoms with van der Waals surface area (Å²) in [6, 6.07) is 8.26.